The Kier molecular flexibility index (Phi) is 6.05. The van der Waals surface area contributed by atoms with Gasteiger partial charge in [0.2, 0.25) is 0 Å². The van der Waals surface area contributed by atoms with Crippen LogP contribution in [0, 0.1) is 13.8 Å². The highest BCUT2D eigenvalue weighted by molar-refractivity contribution is 7.41. The lowest BCUT2D eigenvalue weighted by molar-refractivity contribution is 0.375. The Morgan fingerprint density at radius 3 is 1.88 bits per heavy atom. The summed E-state index contributed by atoms with van der Waals surface area (Å²) in [5.41, 5.74) is 4.44. The minimum Gasteiger partial charge on any atom is -0.418 e. The van der Waals surface area contributed by atoms with Crippen molar-refractivity contribution in [2.24, 2.45) is 0 Å². The van der Waals surface area contributed by atoms with E-state index in [4.69, 9.17) is 9.05 Å². The first kappa shape index (κ1) is 20.7. The molecule has 0 aliphatic rings. The van der Waals surface area contributed by atoms with E-state index in [1.54, 1.807) is 0 Å². The molecule has 0 heterocycles. The SMILES string of the molecule is Cc1ccc(OP(O)Oc2ccc(C(C)(C)C)cc2C)c(C(C)(C)C)c1. The van der Waals surface area contributed by atoms with Gasteiger partial charge in [-0.25, -0.2) is 0 Å². The maximum absolute atomic E-state index is 10.4. The van der Waals surface area contributed by atoms with Gasteiger partial charge < -0.3 is 13.9 Å². The summed E-state index contributed by atoms with van der Waals surface area (Å²) in [6.45, 7) is 17.0. The predicted molar refractivity (Wildman–Crippen MR) is 110 cm³/mol. The lowest BCUT2D eigenvalue weighted by Crippen LogP contribution is -2.13. The van der Waals surface area contributed by atoms with E-state index in [1.807, 2.05) is 31.2 Å². The summed E-state index contributed by atoms with van der Waals surface area (Å²) in [7, 11) is -2.06. The monoisotopic (exact) mass is 374 g/mol. The molecule has 2 aromatic rings. The smallest absolute Gasteiger partial charge is 0.418 e. The number of rotatable bonds is 4. The molecule has 1 atom stereocenters. The van der Waals surface area contributed by atoms with Gasteiger partial charge in [0.25, 0.3) is 0 Å². The van der Waals surface area contributed by atoms with Gasteiger partial charge in [-0.1, -0.05) is 71.4 Å². The normalized spacial score (nSPS) is 13.4. The van der Waals surface area contributed by atoms with Crippen LogP contribution in [0.25, 0.3) is 0 Å². The van der Waals surface area contributed by atoms with Gasteiger partial charge in [0.05, 0.1) is 0 Å². The molecule has 0 saturated heterocycles. The molecule has 0 amide bonds. The first-order valence-corrected chi connectivity index (χ1v) is 10.1. The molecule has 0 aliphatic heterocycles. The van der Waals surface area contributed by atoms with E-state index in [9.17, 15) is 4.89 Å². The molecular formula is C22H31O3P. The molecule has 3 nitrogen and oxygen atoms in total. The molecule has 0 fully saturated rings. The highest BCUT2D eigenvalue weighted by atomic mass is 31.2. The molecule has 0 radical (unpaired) electrons. The standard InChI is InChI=1S/C22H31O3P/c1-15-9-11-20(18(13-15)22(6,7)8)25-26(23)24-19-12-10-17(14-16(19)2)21(3,4)5/h9-14,23H,1-8H3. The lowest BCUT2D eigenvalue weighted by atomic mass is 9.85. The summed E-state index contributed by atoms with van der Waals surface area (Å²) >= 11 is 0. The van der Waals surface area contributed by atoms with E-state index in [1.165, 1.54) is 11.1 Å². The molecule has 0 aliphatic carbocycles. The van der Waals surface area contributed by atoms with Crippen LogP contribution >= 0.6 is 8.60 Å². The molecule has 26 heavy (non-hydrogen) atoms. The Labute approximate surface area is 159 Å². The maximum Gasteiger partial charge on any atom is 0.460 e. The fourth-order valence-electron chi connectivity index (χ4n) is 2.71. The molecule has 2 aromatic carbocycles. The van der Waals surface area contributed by atoms with Gasteiger partial charge in [-0.15, -0.1) is 0 Å². The van der Waals surface area contributed by atoms with E-state index in [2.05, 4.69) is 60.6 Å². The predicted octanol–water partition coefficient (Wildman–Crippen LogP) is 6.58. The van der Waals surface area contributed by atoms with Crippen LogP contribution in [0.5, 0.6) is 11.5 Å². The molecular weight excluding hydrogens is 343 g/mol. The first-order chi connectivity index (χ1) is 11.9. The van der Waals surface area contributed by atoms with Crippen LogP contribution in [0.4, 0.5) is 0 Å². The van der Waals surface area contributed by atoms with Gasteiger partial charge in [0.1, 0.15) is 11.5 Å². The minimum atomic E-state index is -2.06. The Morgan fingerprint density at radius 2 is 1.35 bits per heavy atom. The van der Waals surface area contributed by atoms with Crippen molar-refractivity contribution in [3.63, 3.8) is 0 Å². The summed E-state index contributed by atoms with van der Waals surface area (Å²) in [5.74, 6) is 1.32. The number of aryl methyl sites for hydroxylation is 2. The molecule has 1 N–H and O–H groups in total. The summed E-state index contributed by atoms with van der Waals surface area (Å²) in [6.07, 6.45) is 0. The fraction of sp³-hybridized carbons (Fsp3) is 0.455. The van der Waals surface area contributed by atoms with Crippen LogP contribution in [0.1, 0.15) is 63.8 Å². The minimum absolute atomic E-state index is 0.0766. The number of hydrogen-bond donors (Lipinski definition) is 1. The second kappa shape index (κ2) is 7.58. The van der Waals surface area contributed by atoms with Gasteiger partial charge in [-0.05, 0) is 47.9 Å². The van der Waals surface area contributed by atoms with Crippen LogP contribution in [-0.2, 0) is 10.8 Å². The van der Waals surface area contributed by atoms with Crippen LogP contribution in [0.2, 0.25) is 0 Å². The van der Waals surface area contributed by atoms with Crippen LogP contribution in [0.3, 0.4) is 0 Å². The van der Waals surface area contributed by atoms with Gasteiger partial charge >= 0.3 is 8.60 Å². The van der Waals surface area contributed by atoms with Crippen molar-refractivity contribution in [1.29, 1.82) is 0 Å². The van der Waals surface area contributed by atoms with Crippen LogP contribution in [0.15, 0.2) is 36.4 Å². The third-order valence-corrected chi connectivity index (χ3v) is 5.04. The highest BCUT2D eigenvalue weighted by Crippen LogP contribution is 2.42. The molecule has 142 valence electrons. The van der Waals surface area contributed by atoms with Crippen molar-refractivity contribution < 1.29 is 13.9 Å². The molecule has 0 spiro atoms. The fourth-order valence-corrected chi connectivity index (χ4v) is 3.45. The molecule has 2 rings (SSSR count). The average Bonchev–Trinajstić information content (AvgIpc) is 2.49. The second-order valence-corrected chi connectivity index (χ2v) is 9.74. The maximum atomic E-state index is 10.4. The Morgan fingerprint density at radius 1 is 0.769 bits per heavy atom. The number of benzene rings is 2. The summed E-state index contributed by atoms with van der Waals surface area (Å²) in [5, 5.41) is 0. The van der Waals surface area contributed by atoms with Crippen molar-refractivity contribution in [3.8, 4) is 11.5 Å². The lowest BCUT2D eigenvalue weighted by Gasteiger charge is -2.24. The average molecular weight is 374 g/mol. The van der Waals surface area contributed by atoms with E-state index >= 15 is 0 Å². The zero-order valence-electron chi connectivity index (χ0n) is 17.2. The highest BCUT2D eigenvalue weighted by Gasteiger charge is 2.23. The quantitative estimate of drug-likeness (QED) is 0.615. The van der Waals surface area contributed by atoms with E-state index in [0.29, 0.717) is 11.5 Å². The van der Waals surface area contributed by atoms with Crippen LogP contribution < -0.4 is 9.05 Å². The van der Waals surface area contributed by atoms with Crippen molar-refractivity contribution in [1.82, 2.24) is 0 Å². The molecule has 0 saturated carbocycles. The molecule has 1 unspecified atom stereocenters. The van der Waals surface area contributed by atoms with E-state index in [-0.39, 0.29) is 10.8 Å². The number of hydrogen-bond acceptors (Lipinski definition) is 3. The van der Waals surface area contributed by atoms with Crippen LogP contribution in [-0.4, -0.2) is 4.89 Å². The van der Waals surface area contributed by atoms with Crippen molar-refractivity contribution in [3.05, 3.63) is 58.7 Å². The van der Waals surface area contributed by atoms with Crippen molar-refractivity contribution in [2.75, 3.05) is 0 Å². The third kappa shape index (κ3) is 5.22. The van der Waals surface area contributed by atoms with E-state index in [0.717, 1.165) is 11.1 Å². The van der Waals surface area contributed by atoms with E-state index < -0.39 is 8.60 Å². The molecule has 4 heteroatoms. The van der Waals surface area contributed by atoms with Gasteiger partial charge in [-0.2, -0.15) is 0 Å². The second-order valence-electron chi connectivity index (χ2n) is 8.90. The zero-order chi connectivity index (χ0) is 19.7. The third-order valence-electron chi connectivity index (χ3n) is 4.34. The first-order valence-electron chi connectivity index (χ1n) is 8.95. The van der Waals surface area contributed by atoms with Gasteiger partial charge in [-0.3, -0.25) is 0 Å². The van der Waals surface area contributed by atoms with Gasteiger partial charge in [0, 0.05) is 5.56 Å². The van der Waals surface area contributed by atoms with Gasteiger partial charge in [0.15, 0.2) is 0 Å². The summed E-state index contributed by atoms with van der Waals surface area (Å²) in [4.78, 5) is 10.4. The Hall–Kier alpha value is -1.57. The topological polar surface area (TPSA) is 38.7 Å². The zero-order valence-corrected chi connectivity index (χ0v) is 18.1. The summed E-state index contributed by atoms with van der Waals surface area (Å²) < 4.78 is 11.5. The van der Waals surface area contributed by atoms with Crippen molar-refractivity contribution in [2.45, 2.75) is 66.2 Å². The molecule has 0 bridgehead atoms. The Balaban J connectivity index is 2.19. The van der Waals surface area contributed by atoms with Crippen molar-refractivity contribution >= 4 is 8.60 Å². The molecule has 0 aromatic heterocycles. The Bertz CT molecular complexity index is 770. The summed E-state index contributed by atoms with van der Waals surface area (Å²) in [6, 6.07) is 12.0. The largest absolute Gasteiger partial charge is 0.460 e.